The molecular formula is C12H8BrF3N2O. The maximum absolute atomic E-state index is 12.8. The summed E-state index contributed by atoms with van der Waals surface area (Å²) in [7, 11) is 0. The summed E-state index contributed by atoms with van der Waals surface area (Å²) < 4.78 is 43.9. The zero-order chi connectivity index (χ0) is 14.0. The van der Waals surface area contributed by atoms with E-state index in [2.05, 4.69) is 20.9 Å². The van der Waals surface area contributed by atoms with E-state index in [0.717, 1.165) is 6.07 Å². The predicted molar refractivity (Wildman–Crippen MR) is 67.9 cm³/mol. The van der Waals surface area contributed by atoms with Crippen LogP contribution in [0.5, 0.6) is 11.6 Å². The number of alkyl halides is 3. The summed E-state index contributed by atoms with van der Waals surface area (Å²) in [5.74, 6) is -0.318. The maximum Gasteiger partial charge on any atom is 0.421 e. The topological polar surface area (TPSA) is 48.1 Å². The van der Waals surface area contributed by atoms with Gasteiger partial charge in [-0.15, -0.1) is 0 Å². The van der Waals surface area contributed by atoms with E-state index in [1.807, 2.05) is 0 Å². The molecule has 2 N–H and O–H groups in total. The Morgan fingerprint density at radius 3 is 2.58 bits per heavy atom. The van der Waals surface area contributed by atoms with Gasteiger partial charge in [0, 0.05) is 22.4 Å². The summed E-state index contributed by atoms with van der Waals surface area (Å²) in [5.41, 5.74) is 4.97. The fraction of sp³-hybridized carbons (Fsp3) is 0.0833. The first kappa shape index (κ1) is 13.7. The summed E-state index contributed by atoms with van der Waals surface area (Å²) in [6.07, 6.45) is -3.32. The van der Waals surface area contributed by atoms with E-state index >= 15 is 0 Å². The van der Waals surface area contributed by atoms with Crippen molar-refractivity contribution in [2.45, 2.75) is 6.18 Å². The molecule has 100 valence electrons. The number of ether oxygens (including phenoxy) is 1. The first-order chi connectivity index (χ1) is 8.86. The third-order valence-electron chi connectivity index (χ3n) is 2.20. The van der Waals surface area contributed by atoms with Gasteiger partial charge in [0.25, 0.3) is 0 Å². The van der Waals surface area contributed by atoms with Crippen LogP contribution in [-0.4, -0.2) is 4.98 Å². The molecule has 0 atom stereocenters. The average Bonchev–Trinajstić information content (AvgIpc) is 2.30. The fourth-order valence-electron chi connectivity index (χ4n) is 1.40. The van der Waals surface area contributed by atoms with Gasteiger partial charge in [0.05, 0.1) is 0 Å². The molecule has 3 nitrogen and oxygen atoms in total. The van der Waals surface area contributed by atoms with E-state index in [-0.39, 0.29) is 10.2 Å². The number of nitrogen functional groups attached to an aromatic ring is 1. The van der Waals surface area contributed by atoms with Crippen molar-refractivity contribution < 1.29 is 17.9 Å². The summed E-state index contributed by atoms with van der Waals surface area (Å²) >= 11 is 2.95. The monoisotopic (exact) mass is 332 g/mol. The number of rotatable bonds is 2. The van der Waals surface area contributed by atoms with Crippen LogP contribution in [-0.2, 0) is 6.18 Å². The number of nitrogens with zero attached hydrogens (tertiary/aromatic N) is 1. The van der Waals surface area contributed by atoms with Crippen LogP contribution in [0.4, 0.5) is 18.9 Å². The van der Waals surface area contributed by atoms with Gasteiger partial charge in [-0.25, -0.2) is 4.98 Å². The van der Waals surface area contributed by atoms with Crippen LogP contribution >= 0.6 is 15.9 Å². The summed E-state index contributed by atoms with van der Waals surface area (Å²) in [6, 6.07) is 7.02. The van der Waals surface area contributed by atoms with Gasteiger partial charge in [-0.3, -0.25) is 0 Å². The Kier molecular flexibility index (Phi) is 3.66. The molecule has 0 saturated carbocycles. The Morgan fingerprint density at radius 2 is 1.95 bits per heavy atom. The van der Waals surface area contributed by atoms with Crippen molar-refractivity contribution in [3.8, 4) is 11.6 Å². The molecule has 0 aliphatic rings. The number of anilines is 1. The highest BCUT2D eigenvalue weighted by molar-refractivity contribution is 9.10. The van der Waals surface area contributed by atoms with Crippen molar-refractivity contribution >= 4 is 21.6 Å². The zero-order valence-corrected chi connectivity index (χ0v) is 11.0. The number of hydrogen-bond donors (Lipinski definition) is 1. The highest BCUT2D eigenvalue weighted by atomic mass is 79.9. The van der Waals surface area contributed by atoms with Crippen LogP contribution in [0.15, 0.2) is 41.0 Å². The molecule has 0 fully saturated rings. The minimum atomic E-state index is -4.55. The SMILES string of the molecule is Nc1cccc(Oc2ncc(Br)cc2C(F)(F)F)c1. The second kappa shape index (κ2) is 5.08. The predicted octanol–water partition coefficient (Wildman–Crippen LogP) is 4.24. The highest BCUT2D eigenvalue weighted by Crippen LogP contribution is 2.38. The molecule has 0 bridgehead atoms. The minimum absolute atomic E-state index is 0.195. The lowest BCUT2D eigenvalue weighted by Crippen LogP contribution is -2.08. The Hall–Kier alpha value is -1.76. The Bertz CT molecular complexity index is 602. The van der Waals surface area contributed by atoms with Crippen molar-refractivity contribution in [1.29, 1.82) is 0 Å². The largest absolute Gasteiger partial charge is 0.438 e. The van der Waals surface area contributed by atoms with E-state index in [1.54, 1.807) is 12.1 Å². The number of pyridine rings is 1. The summed E-state index contributed by atoms with van der Waals surface area (Å²) in [5, 5.41) is 0. The van der Waals surface area contributed by atoms with Crippen LogP contribution in [0.25, 0.3) is 0 Å². The molecule has 2 rings (SSSR count). The second-order valence-electron chi connectivity index (χ2n) is 3.68. The molecule has 2 aromatic rings. The zero-order valence-electron chi connectivity index (χ0n) is 9.41. The van der Waals surface area contributed by atoms with E-state index < -0.39 is 17.6 Å². The van der Waals surface area contributed by atoms with Crippen LogP contribution in [0.2, 0.25) is 0 Å². The Balaban J connectivity index is 2.40. The van der Waals surface area contributed by atoms with E-state index in [1.165, 1.54) is 18.3 Å². The summed E-state index contributed by atoms with van der Waals surface area (Å²) in [6.45, 7) is 0. The molecule has 1 aromatic carbocycles. The van der Waals surface area contributed by atoms with Crippen molar-refractivity contribution in [2.75, 3.05) is 5.73 Å². The van der Waals surface area contributed by atoms with E-state index in [0.29, 0.717) is 5.69 Å². The number of benzene rings is 1. The fourth-order valence-corrected chi connectivity index (χ4v) is 1.73. The van der Waals surface area contributed by atoms with Gasteiger partial charge in [-0.2, -0.15) is 13.2 Å². The van der Waals surface area contributed by atoms with E-state index in [9.17, 15) is 13.2 Å². The lowest BCUT2D eigenvalue weighted by atomic mass is 10.2. The maximum atomic E-state index is 12.8. The highest BCUT2D eigenvalue weighted by Gasteiger charge is 2.35. The van der Waals surface area contributed by atoms with Gasteiger partial charge >= 0.3 is 6.18 Å². The summed E-state index contributed by atoms with van der Waals surface area (Å²) in [4.78, 5) is 3.64. The molecule has 0 radical (unpaired) electrons. The van der Waals surface area contributed by atoms with E-state index in [4.69, 9.17) is 10.5 Å². The Morgan fingerprint density at radius 1 is 1.21 bits per heavy atom. The third kappa shape index (κ3) is 3.37. The van der Waals surface area contributed by atoms with Crippen LogP contribution in [0.1, 0.15) is 5.56 Å². The molecular weight excluding hydrogens is 325 g/mol. The van der Waals surface area contributed by atoms with Gasteiger partial charge in [0.1, 0.15) is 11.3 Å². The lowest BCUT2D eigenvalue weighted by molar-refractivity contribution is -0.138. The van der Waals surface area contributed by atoms with Gasteiger partial charge in [0.15, 0.2) is 0 Å². The molecule has 0 saturated heterocycles. The second-order valence-corrected chi connectivity index (χ2v) is 4.59. The molecule has 0 aliphatic carbocycles. The smallest absolute Gasteiger partial charge is 0.421 e. The molecule has 19 heavy (non-hydrogen) atoms. The molecule has 0 aliphatic heterocycles. The molecule has 0 spiro atoms. The van der Waals surface area contributed by atoms with Crippen LogP contribution in [0.3, 0.4) is 0 Å². The van der Waals surface area contributed by atoms with Crippen molar-refractivity contribution in [3.05, 3.63) is 46.6 Å². The van der Waals surface area contributed by atoms with Gasteiger partial charge < -0.3 is 10.5 Å². The molecule has 0 unspecified atom stereocenters. The lowest BCUT2D eigenvalue weighted by Gasteiger charge is -2.13. The van der Waals surface area contributed by atoms with Crippen molar-refractivity contribution in [3.63, 3.8) is 0 Å². The first-order valence-electron chi connectivity index (χ1n) is 5.12. The first-order valence-corrected chi connectivity index (χ1v) is 5.92. The number of hydrogen-bond acceptors (Lipinski definition) is 3. The minimum Gasteiger partial charge on any atom is -0.438 e. The number of nitrogens with two attached hydrogens (primary N) is 1. The van der Waals surface area contributed by atoms with Crippen molar-refractivity contribution in [1.82, 2.24) is 4.98 Å². The van der Waals surface area contributed by atoms with Gasteiger partial charge in [0.2, 0.25) is 5.88 Å². The van der Waals surface area contributed by atoms with Crippen LogP contribution < -0.4 is 10.5 Å². The normalized spacial score (nSPS) is 11.4. The molecule has 1 aromatic heterocycles. The van der Waals surface area contributed by atoms with Crippen molar-refractivity contribution in [2.24, 2.45) is 0 Å². The van der Waals surface area contributed by atoms with Gasteiger partial charge in [-0.1, -0.05) is 6.07 Å². The average molecular weight is 333 g/mol. The quantitative estimate of drug-likeness (QED) is 0.837. The number of aromatic nitrogens is 1. The molecule has 7 heteroatoms. The third-order valence-corrected chi connectivity index (χ3v) is 2.63. The van der Waals surface area contributed by atoms with Gasteiger partial charge in [-0.05, 0) is 34.1 Å². The van der Waals surface area contributed by atoms with Crippen LogP contribution in [0, 0.1) is 0 Å². The Labute approximate surface area is 115 Å². The molecule has 1 heterocycles. The number of halogens is 4. The molecule has 0 amide bonds. The standard InChI is InChI=1S/C12H8BrF3N2O/c13-7-4-10(12(14,15)16)11(18-6-7)19-9-3-1-2-8(17)5-9/h1-6H,17H2.